The number of anilines is 1. The Morgan fingerprint density at radius 3 is 2.76 bits per heavy atom. The first kappa shape index (κ1) is 21.9. The third-order valence-electron chi connectivity index (χ3n) is 4.63. The van der Waals surface area contributed by atoms with Gasteiger partial charge in [0.25, 0.3) is 11.6 Å². The second-order valence-corrected chi connectivity index (χ2v) is 7.75. The number of nitrogens with zero attached hydrogens (tertiary/aromatic N) is 3. The summed E-state index contributed by atoms with van der Waals surface area (Å²) in [5.74, 6) is -2.32. The Bertz CT molecular complexity index is 1410. The standard InChI is InChI=1S/C21H16N4O7S/c1-12(19(27)23-20-22-15(11-33-20)13-5-3-2-4-6-13)31-18(26)10-24-16-8-7-14(25(29)30)9-17(16)32-21(24)28/h2-9,11-12H,10H2,1H3,(H,22,23,27). The van der Waals surface area contributed by atoms with E-state index in [1.165, 1.54) is 30.4 Å². The van der Waals surface area contributed by atoms with Crippen molar-refractivity contribution in [2.45, 2.75) is 19.6 Å². The van der Waals surface area contributed by atoms with Crippen LogP contribution in [0.1, 0.15) is 6.92 Å². The topological polar surface area (TPSA) is 147 Å². The number of non-ortho nitro benzene ring substituents is 1. The van der Waals surface area contributed by atoms with Gasteiger partial charge in [-0.1, -0.05) is 30.3 Å². The Kier molecular flexibility index (Phi) is 6.00. The molecule has 1 unspecified atom stereocenters. The maximum absolute atomic E-state index is 12.4. The van der Waals surface area contributed by atoms with Gasteiger partial charge in [-0.25, -0.2) is 9.78 Å². The summed E-state index contributed by atoms with van der Waals surface area (Å²) >= 11 is 1.23. The summed E-state index contributed by atoms with van der Waals surface area (Å²) in [6.45, 7) is 0.856. The summed E-state index contributed by atoms with van der Waals surface area (Å²) in [6, 6.07) is 13.0. The summed E-state index contributed by atoms with van der Waals surface area (Å²) in [5, 5.41) is 15.6. The zero-order chi connectivity index (χ0) is 23.5. The van der Waals surface area contributed by atoms with Crippen LogP contribution in [0.3, 0.4) is 0 Å². The molecule has 0 spiro atoms. The smallest absolute Gasteiger partial charge is 0.420 e. The fraction of sp³-hybridized carbons (Fsp3) is 0.143. The molecule has 0 fully saturated rings. The van der Waals surface area contributed by atoms with Gasteiger partial charge in [-0.3, -0.25) is 29.6 Å². The molecule has 33 heavy (non-hydrogen) atoms. The minimum atomic E-state index is -1.16. The van der Waals surface area contributed by atoms with Gasteiger partial charge in [0.15, 0.2) is 16.8 Å². The van der Waals surface area contributed by atoms with Crippen LogP contribution in [-0.4, -0.2) is 32.5 Å². The molecule has 0 aliphatic carbocycles. The molecule has 4 aromatic rings. The Hall–Kier alpha value is -4.32. The number of hydrogen-bond donors (Lipinski definition) is 1. The van der Waals surface area contributed by atoms with E-state index in [1.54, 1.807) is 5.38 Å². The molecular weight excluding hydrogens is 452 g/mol. The maximum Gasteiger partial charge on any atom is 0.420 e. The van der Waals surface area contributed by atoms with Crippen molar-refractivity contribution in [2.75, 3.05) is 5.32 Å². The number of hydrogen-bond acceptors (Lipinski definition) is 9. The zero-order valence-electron chi connectivity index (χ0n) is 17.1. The number of thiazole rings is 1. The highest BCUT2D eigenvalue weighted by Gasteiger charge is 2.22. The molecule has 1 atom stereocenters. The lowest BCUT2D eigenvalue weighted by atomic mass is 10.2. The quantitative estimate of drug-likeness (QED) is 0.247. The maximum atomic E-state index is 12.4. The molecule has 11 nitrogen and oxygen atoms in total. The van der Waals surface area contributed by atoms with Gasteiger partial charge >= 0.3 is 11.7 Å². The van der Waals surface area contributed by atoms with Crippen molar-refractivity contribution in [1.29, 1.82) is 0 Å². The molecule has 2 heterocycles. The van der Waals surface area contributed by atoms with Crippen molar-refractivity contribution in [3.05, 3.63) is 74.6 Å². The first-order valence-corrected chi connectivity index (χ1v) is 10.5. The predicted molar refractivity (Wildman–Crippen MR) is 119 cm³/mol. The van der Waals surface area contributed by atoms with Gasteiger partial charge in [-0.2, -0.15) is 0 Å². The SMILES string of the molecule is CC(OC(=O)Cn1c(=O)oc2cc([N+](=O)[O-])ccc21)C(=O)Nc1nc(-c2ccccc2)cs1. The second-order valence-electron chi connectivity index (χ2n) is 6.89. The highest BCUT2D eigenvalue weighted by atomic mass is 32.1. The van der Waals surface area contributed by atoms with Gasteiger partial charge in [0.2, 0.25) is 0 Å². The molecule has 0 saturated heterocycles. The van der Waals surface area contributed by atoms with E-state index in [0.717, 1.165) is 16.2 Å². The summed E-state index contributed by atoms with van der Waals surface area (Å²) in [6.07, 6.45) is -1.16. The van der Waals surface area contributed by atoms with E-state index < -0.39 is 35.2 Å². The van der Waals surface area contributed by atoms with E-state index in [0.29, 0.717) is 10.8 Å². The van der Waals surface area contributed by atoms with Gasteiger partial charge in [0.05, 0.1) is 22.2 Å². The van der Waals surface area contributed by atoms with E-state index in [4.69, 9.17) is 9.15 Å². The van der Waals surface area contributed by atoms with Crippen LogP contribution in [-0.2, 0) is 20.9 Å². The Morgan fingerprint density at radius 2 is 2.03 bits per heavy atom. The summed E-state index contributed by atoms with van der Waals surface area (Å²) in [5.41, 5.74) is 1.50. The molecule has 1 N–H and O–H groups in total. The largest absolute Gasteiger partial charge is 0.451 e. The number of nitro benzene ring substituents is 1. The number of rotatable bonds is 7. The van der Waals surface area contributed by atoms with Crippen LogP contribution in [0.4, 0.5) is 10.8 Å². The van der Waals surface area contributed by atoms with Crippen LogP contribution < -0.4 is 11.1 Å². The van der Waals surface area contributed by atoms with Gasteiger partial charge < -0.3 is 9.15 Å². The first-order chi connectivity index (χ1) is 15.8. The number of nitrogens with one attached hydrogen (secondary N) is 1. The second kappa shape index (κ2) is 9.04. The van der Waals surface area contributed by atoms with E-state index in [1.807, 2.05) is 30.3 Å². The first-order valence-electron chi connectivity index (χ1n) is 9.61. The number of amides is 1. The predicted octanol–water partition coefficient (Wildman–Crippen LogP) is 3.20. The van der Waals surface area contributed by atoms with Crippen LogP contribution in [0.15, 0.2) is 63.1 Å². The number of nitro groups is 1. The summed E-state index contributed by atoms with van der Waals surface area (Å²) in [4.78, 5) is 51.4. The molecule has 1 amide bonds. The fourth-order valence-corrected chi connectivity index (χ4v) is 3.74. The zero-order valence-corrected chi connectivity index (χ0v) is 17.9. The van der Waals surface area contributed by atoms with Gasteiger partial charge in [0, 0.05) is 17.0 Å². The van der Waals surface area contributed by atoms with Crippen molar-refractivity contribution < 1.29 is 23.7 Å². The van der Waals surface area contributed by atoms with Crippen molar-refractivity contribution in [3.8, 4) is 11.3 Å². The molecule has 0 radical (unpaired) electrons. The van der Waals surface area contributed by atoms with Crippen LogP contribution >= 0.6 is 11.3 Å². The Balaban J connectivity index is 1.39. The molecule has 0 aliphatic rings. The van der Waals surface area contributed by atoms with Crippen molar-refractivity contribution in [2.24, 2.45) is 0 Å². The van der Waals surface area contributed by atoms with E-state index >= 15 is 0 Å². The number of oxazole rings is 1. The number of fused-ring (bicyclic) bond motifs is 1. The normalized spacial score (nSPS) is 11.8. The van der Waals surface area contributed by atoms with Crippen molar-refractivity contribution in [3.63, 3.8) is 0 Å². The monoisotopic (exact) mass is 468 g/mol. The summed E-state index contributed by atoms with van der Waals surface area (Å²) < 4.78 is 11.1. The highest BCUT2D eigenvalue weighted by molar-refractivity contribution is 7.14. The van der Waals surface area contributed by atoms with Crippen molar-refractivity contribution in [1.82, 2.24) is 9.55 Å². The molecule has 2 aromatic carbocycles. The minimum absolute atomic E-state index is 0.0363. The lowest BCUT2D eigenvalue weighted by molar-refractivity contribution is -0.384. The van der Waals surface area contributed by atoms with Crippen LogP contribution in [0.25, 0.3) is 22.4 Å². The average molecular weight is 468 g/mol. The number of ether oxygens (including phenoxy) is 1. The average Bonchev–Trinajstić information content (AvgIpc) is 3.38. The van der Waals surface area contributed by atoms with Crippen LogP contribution in [0.2, 0.25) is 0 Å². The van der Waals surface area contributed by atoms with Crippen LogP contribution in [0, 0.1) is 10.1 Å². The molecule has 4 rings (SSSR count). The molecule has 12 heteroatoms. The number of esters is 1. The minimum Gasteiger partial charge on any atom is -0.451 e. The molecule has 2 aromatic heterocycles. The molecular formula is C21H16N4O7S. The number of benzene rings is 2. The van der Waals surface area contributed by atoms with Gasteiger partial charge in [0.1, 0.15) is 6.54 Å². The highest BCUT2D eigenvalue weighted by Crippen LogP contribution is 2.25. The lowest BCUT2D eigenvalue weighted by Crippen LogP contribution is -2.32. The molecule has 168 valence electrons. The number of aromatic nitrogens is 2. The number of carbonyl (C=O) groups excluding carboxylic acids is 2. The van der Waals surface area contributed by atoms with E-state index in [2.05, 4.69) is 10.3 Å². The number of carbonyl (C=O) groups is 2. The van der Waals surface area contributed by atoms with E-state index in [-0.39, 0.29) is 16.8 Å². The molecule has 0 aliphatic heterocycles. The fourth-order valence-electron chi connectivity index (χ4n) is 3.02. The van der Waals surface area contributed by atoms with Crippen molar-refractivity contribution >= 4 is 45.1 Å². The third kappa shape index (κ3) is 4.80. The van der Waals surface area contributed by atoms with Crippen LogP contribution in [0.5, 0.6) is 0 Å². The summed E-state index contributed by atoms with van der Waals surface area (Å²) in [7, 11) is 0. The van der Waals surface area contributed by atoms with Gasteiger partial charge in [-0.15, -0.1) is 11.3 Å². The molecule has 0 bridgehead atoms. The Morgan fingerprint density at radius 1 is 1.27 bits per heavy atom. The lowest BCUT2D eigenvalue weighted by Gasteiger charge is -2.12. The molecule has 0 saturated carbocycles. The van der Waals surface area contributed by atoms with Gasteiger partial charge in [-0.05, 0) is 13.0 Å². The van der Waals surface area contributed by atoms with E-state index in [9.17, 15) is 24.5 Å². The Labute approximate surface area is 189 Å². The third-order valence-corrected chi connectivity index (χ3v) is 5.39.